The zero-order valence-corrected chi connectivity index (χ0v) is 16.4. The van der Waals surface area contributed by atoms with E-state index in [0.29, 0.717) is 21.6 Å². The van der Waals surface area contributed by atoms with Crippen LogP contribution in [0.15, 0.2) is 89.8 Å². The second-order valence-electron chi connectivity index (χ2n) is 6.23. The molecule has 0 bridgehead atoms. The van der Waals surface area contributed by atoms with Crippen molar-refractivity contribution in [1.29, 1.82) is 0 Å². The number of amides is 2. The Balaban J connectivity index is 2.03. The molecular formula is C23H17NO4S. The highest BCUT2D eigenvalue weighted by Gasteiger charge is 2.40. The van der Waals surface area contributed by atoms with Crippen LogP contribution >= 0.6 is 10.7 Å². The van der Waals surface area contributed by atoms with Gasteiger partial charge in [0.1, 0.15) is 4.86 Å². The molecule has 0 saturated heterocycles. The van der Waals surface area contributed by atoms with Gasteiger partial charge < -0.3 is 4.74 Å². The third-order valence-corrected chi connectivity index (χ3v) is 6.71. The molecule has 0 aliphatic carbocycles. The zero-order valence-electron chi connectivity index (χ0n) is 15.6. The van der Waals surface area contributed by atoms with Gasteiger partial charge in [0.25, 0.3) is 11.8 Å². The van der Waals surface area contributed by atoms with Crippen LogP contribution in [0.4, 0.5) is 0 Å². The van der Waals surface area contributed by atoms with Crippen molar-refractivity contribution in [2.75, 3.05) is 7.11 Å². The third-order valence-electron chi connectivity index (χ3n) is 4.51. The molecular weight excluding hydrogens is 386 g/mol. The minimum absolute atomic E-state index is 0.258. The molecule has 1 unspecified atom stereocenters. The Morgan fingerprint density at radius 1 is 0.759 bits per heavy atom. The number of esters is 1. The first-order chi connectivity index (χ1) is 14.1. The van der Waals surface area contributed by atoms with Crippen LogP contribution in [0.1, 0.15) is 26.3 Å². The first-order valence-corrected chi connectivity index (χ1v) is 10.1. The Kier molecular flexibility index (Phi) is 5.10. The van der Waals surface area contributed by atoms with Crippen LogP contribution in [0.25, 0.3) is 0 Å². The quantitative estimate of drug-likeness (QED) is 0.287. The normalized spacial score (nSPS) is 14.4. The van der Waals surface area contributed by atoms with Crippen LogP contribution in [-0.4, -0.2) is 34.1 Å². The fraction of sp³-hybridized carbons (Fsp3) is 0.0435. The van der Waals surface area contributed by atoms with Gasteiger partial charge in [-0.2, -0.15) is 0 Å². The molecule has 0 fully saturated rings. The standard InChI is InChI=1S/C23H17NO4S/c1-28-23(27)20(16-10-4-2-5-11-16)29(17-12-6-3-7-13-17)24-21(25)18-14-8-9-15-19(18)22(24)26/h2-15H,1H3. The molecule has 0 spiro atoms. The first kappa shape index (κ1) is 18.8. The van der Waals surface area contributed by atoms with Crippen molar-refractivity contribution < 1.29 is 19.1 Å². The topological polar surface area (TPSA) is 63.7 Å². The average Bonchev–Trinajstić information content (AvgIpc) is 3.03. The van der Waals surface area contributed by atoms with Crippen molar-refractivity contribution in [3.63, 3.8) is 0 Å². The van der Waals surface area contributed by atoms with Gasteiger partial charge >= 0.3 is 5.97 Å². The molecule has 2 amide bonds. The molecule has 0 radical (unpaired) electrons. The molecule has 144 valence electrons. The predicted octanol–water partition coefficient (Wildman–Crippen LogP) is 3.92. The summed E-state index contributed by atoms with van der Waals surface area (Å²) < 4.78 is 6.24. The van der Waals surface area contributed by atoms with E-state index in [2.05, 4.69) is 0 Å². The van der Waals surface area contributed by atoms with Gasteiger partial charge in [-0.25, -0.2) is 9.10 Å². The highest BCUT2D eigenvalue weighted by molar-refractivity contribution is 8.16. The van der Waals surface area contributed by atoms with Crippen LogP contribution in [0.2, 0.25) is 0 Å². The smallest absolute Gasteiger partial charge is 0.346 e. The fourth-order valence-corrected chi connectivity index (χ4v) is 5.36. The molecule has 5 nitrogen and oxygen atoms in total. The number of methoxy groups -OCH3 is 1. The van der Waals surface area contributed by atoms with Crippen molar-refractivity contribution in [3.8, 4) is 0 Å². The summed E-state index contributed by atoms with van der Waals surface area (Å²) in [5, 5.41) is 0. The van der Waals surface area contributed by atoms with Gasteiger partial charge in [0.05, 0.1) is 18.2 Å². The largest absolute Gasteiger partial charge is 0.465 e. The van der Waals surface area contributed by atoms with Crippen LogP contribution < -0.4 is 0 Å². The molecule has 3 aromatic carbocycles. The molecule has 1 heterocycles. The summed E-state index contributed by atoms with van der Waals surface area (Å²) in [6, 6.07) is 24.7. The van der Waals surface area contributed by atoms with E-state index < -0.39 is 28.5 Å². The lowest BCUT2D eigenvalue weighted by Gasteiger charge is -2.23. The number of hydrogen-bond acceptors (Lipinski definition) is 4. The Labute approximate surface area is 170 Å². The summed E-state index contributed by atoms with van der Waals surface area (Å²) in [6.45, 7) is 0. The van der Waals surface area contributed by atoms with Crippen molar-refractivity contribution in [2.45, 2.75) is 4.90 Å². The van der Waals surface area contributed by atoms with Gasteiger partial charge in [-0.15, -0.1) is 0 Å². The molecule has 3 aromatic rings. The molecule has 6 heteroatoms. The average molecular weight is 403 g/mol. The summed E-state index contributed by atoms with van der Waals surface area (Å²) in [5.74, 6) is -1.43. The van der Waals surface area contributed by atoms with Crippen molar-refractivity contribution in [3.05, 3.63) is 102 Å². The van der Waals surface area contributed by atoms with Crippen molar-refractivity contribution in [1.82, 2.24) is 4.31 Å². The Hall–Kier alpha value is -3.51. The lowest BCUT2D eigenvalue weighted by Crippen LogP contribution is -2.29. The number of fused-ring (bicyclic) bond motifs is 1. The lowest BCUT2D eigenvalue weighted by molar-refractivity contribution is -0.132. The van der Waals surface area contributed by atoms with E-state index in [1.807, 2.05) is 24.3 Å². The summed E-state index contributed by atoms with van der Waals surface area (Å²) in [6.07, 6.45) is 0. The van der Waals surface area contributed by atoms with E-state index in [9.17, 15) is 14.4 Å². The molecule has 1 aliphatic heterocycles. The van der Waals surface area contributed by atoms with E-state index >= 15 is 0 Å². The molecule has 4 rings (SSSR count). The van der Waals surface area contributed by atoms with E-state index in [0.717, 1.165) is 0 Å². The van der Waals surface area contributed by atoms with Crippen molar-refractivity contribution >= 4 is 33.3 Å². The summed E-state index contributed by atoms with van der Waals surface area (Å²) in [5.41, 5.74) is 1.27. The van der Waals surface area contributed by atoms with E-state index in [4.69, 9.17) is 4.74 Å². The number of benzene rings is 3. The Morgan fingerprint density at radius 3 is 1.76 bits per heavy atom. The number of ether oxygens (including phenoxy) is 1. The highest BCUT2D eigenvalue weighted by Crippen LogP contribution is 2.40. The molecule has 0 aromatic heterocycles. The SMILES string of the molecule is COC(=O)/C(c1ccccc1)=S(\c1ccccc1)N1C(=O)c2ccccc2C1=O. The second-order valence-corrected chi connectivity index (χ2v) is 8.05. The maximum Gasteiger partial charge on any atom is 0.346 e. The number of carbonyl (C=O) groups excluding carboxylic acids is 3. The maximum absolute atomic E-state index is 13.2. The minimum Gasteiger partial charge on any atom is -0.465 e. The number of nitrogens with zero attached hydrogens (tertiary/aromatic N) is 1. The van der Waals surface area contributed by atoms with E-state index in [1.54, 1.807) is 60.7 Å². The van der Waals surface area contributed by atoms with Crippen molar-refractivity contribution in [2.24, 2.45) is 0 Å². The predicted molar refractivity (Wildman–Crippen MR) is 112 cm³/mol. The van der Waals surface area contributed by atoms with Crippen LogP contribution in [0.5, 0.6) is 0 Å². The van der Waals surface area contributed by atoms with Gasteiger partial charge in [0.2, 0.25) is 0 Å². The van der Waals surface area contributed by atoms with Gasteiger partial charge in [-0.05, 0) is 40.5 Å². The summed E-state index contributed by atoms with van der Waals surface area (Å²) in [7, 11) is -0.000145. The van der Waals surface area contributed by atoms with Gasteiger partial charge in [-0.3, -0.25) is 9.59 Å². The minimum atomic E-state index is -1.29. The van der Waals surface area contributed by atoms with Crippen LogP contribution in [-0.2, 0) is 9.53 Å². The van der Waals surface area contributed by atoms with Gasteiger partial charge in [0.15, 0.2) is 0 Å². The summed E-state index contributed by atoms with van der Waals surface area (Å²) in [4.78, 5) is 40.2. The summed E-state index contributed by atoms with van der Waals surface area (Å²) >= 11 is 0. The monoisotopic (exact) mass is 403 g/mol. The third kappa shape index (κ3) is 3.28. The van der Waals surface area contributed by atoms with Crippen LogP contribution in [0, 0.1) is 0 Å². The van der Waals surface area contributed by atoms with Gasteiger partial charge in [0, 0.05) is 4.90 Å². The molecule has 29 heavy (non-hydrogen) atoms. The molecule has 0 saturated carbocycles. The Bertz CT molecular complexity index is 1100. The lowest BCUT2D eigenvalue weighted by atomic mass is 10.1. The Morgan fingerprint density at radius 2 is 1.24 bits per heavy atom. The second kappa shape index (κ2) is 7.85. The zero-order chi connectivity index (χ0) is 20.4. The fourth-order valence-electron chi connectivity index (χ4n) is 3.19. The number of imide groups is 1. The molecule has 0 N–H and O–H groups in total. The molecule has 1 atom stereocenters. The highest BCUT2D eigenvalue weighted by atomic mass is 32.2. The number of rotatable bonds is 4. The maximum atomic E-state index is 13.2. The van der Waals surface area contributed by atoms with E-state index in [-0.39, 0.29) is 4.86 Å². The van der Waals surface area contributed by atoms with E-state index in [1.165, 1.54) is 11.4 Å². The van der Waals surface area contributed by atoms with Crippen LogP contribution in [0.3, 0.4) is 0 Å². The van der Waals surface area contributed by atoms with Gasteiger partial charge in [-0.1, -0.05) is 60.7 Å². The molecule has 1 aliphatic rings. The first-order valence-electron chi connectivity index (χ1n) is 8.91. The number of hydrogen-bond donors (Lipinski definition) is 0. The number of carbonyl (C=O) groups is 3.